The molecule has 112 valence electrons. The summed E-state index contributed by atoms with van der Waals surface area (Å²) < 4.78 is 0. The molecule has 1 aliphatic rings. The molecule has 1 N–H and O–H groups in total. The van der Waals surface area contributed by atoms with Gasteiger partial charge in [0.1, 0.15) is 5.82 Å². The molecule has 0 aliphatic carbocycles. The monoisotopic (exact) mass is 275 g/mol. The third-order valence-electron chi connectivity index (χ3n) is 3.83. The van der Waals surface area contributed by atoms with Crippen molar-refractivity contribution in [3.8, 4) is 0 Å². The van der Waals surface area contributed by atoms with Crippen LogP contribution < -0.4 is 5.32 Å². The normalized spacial score (nSPS) is 20.0. The van der Waals surface area contributed by atoms with Gasteiger partial charge in [0.2, 0.25) is 0 Å². The summed E-state index contributed by atoms with van der Waals surface area (Å²) in [7, 11) is 0. The summed E-state index contributed by atoms with van der Waals surface area (Å²) in [6.45, 7) is 12.4. The van der Waals surface area contributed by atoms with Crippen LogP contribution in [0.5, 0.6) is 0 Å². The molecule has 0 radical (unpaired) electrons. The molecule has 0 amide bonds. The molecule has 1 aromatic heterocycles. The molecule has 0 saturated carbocycles. The lowest BCUT2D eigenvalue weighted by atomic mass is 10.1. The van der Waals surface area contributed by atoms with E-state index < -0.39 is 0 Å². The Morgan fingerprint density at radius 2 is 2.05 bits per heavy atom. The number of hydrogen-bond donors (Lipinski definition) is 1. The molecular formula is C17H29N3. The van der Waals surface area contributed by atoms with Crippen molar-refractivity contribution in [2.45, 2.75) is 46.6 Å². The SMILES string of the molecule is CC(C)CNc1ccc([C@@H]2CCCN2CC(C)C)cn1. The van der Waals surface area contributed by atoms with E-state index in [9.17, 15) is 0 Å². The van der Waals surface area contributed by atoms with Crippen molar-refractivity contribution in [1.82, 2.24) is 9.88 Å². The first-order chi connectivity index (χ1) is 9.56. The minimum absolute atomic E-state index is 0.573. The number of rotatable bonds is 6. The van der Waals surface area contributed by atoms with Crippen LogP contribution in [0.3, 0.4) is 0 Å². The smallest absolute Gasteiger partial charge is 0.125 e. The van der Waals surface area contributed by atoms with Gasteiger partial charge in [-0.25, -0.2) is 4.98 Å². The number of nitrogens with zero attached hydrogens (tertiary/aromatic N) is 2. The maximum absolute atomic E-state index is 4.57. The Hall–Kier alpha value is -1.09. The maximum atomic E-state index is 4.57. The molecule has 0 bridgehead atoms. The average Bonchev–Trinajstić information content (AvgIpc) is 2.84. The van der Waals surface area contributed by atoms with Crippen LogP contribution in [-0.2, 0) is 0 Å². The zero-order valence-corrected chi connectivity index (χ0v) is 13.4. The third kappa shape index (κ3) is 4.20. The van der Waals surface area contributed by atoms with E-state index in [-0.39, 0.29) is 0 Å². The summed E-state index contributed by atoms with van der Waals surface area (Å²) in [6.07, 6.45) is 4.64. The van der Waals surface area contributed by atoms with Crippen LogP contribution in [0.25, 0.3) is 0 Å². The molecule has 1 fully saturated rings. The van der Waals surface area contributed by atoms with Gasteiger partial charge in [0.05, 0.1) is 0 Å². The van der Waals surface area contributed by atoms with Gasteiger partial charge in [-0.3, -0.25) is 4.90 Å². The fourth-order valence-electron chi connectivity index (χ4n) is 2.91. The molecule has 1 saturated heterocycles. The Bertz CT molecular complexity index is 397. The summed E-state index contributed by atoms with van der Waals surface area (Å²) in [5.74, 6) is 2.37. The van der Waals surface area contributed by atoms with Gasteiger partial charge >= 0.3 is 0 Å². The highest BCUT2D eigenvalue weighted by molar-refractivity contribution is 5.36. The van der Waals surface area contributed by atoms with Gasteiger partial charge in [-0.05, 0) is 42.9 Å². The summed E-state index contributed by atoms with van der Waals surface area (Å²) in [6, 6.07) is 4.95. The second-order valence-electron chi connectivity index (χ2n) is 6.80. The highest BCUT2D eigenvalue weighted by Gasteiger charge is 2.26. The minimum Gasteiger partial charge on any atom is -0.370 e. The molecule has 1 aromatic rings. The lowest BCUT2D eigenvalue weighted by molar-refractivity contribution is 0.228. The molecule has 3 heteroatoms. The van der Waals surface area contributed by atoms with Gasteiger partial charge in [0.25, 0.3) is 0 Å². The van der Waals surface area contributed by atoms with E-state index in [2.05, 4.69) is 61.2 Å². The van der Waals surface area contributed by atoms with Crippen molar-refractivity contribution in [3.63, 3.8) is 0 Å². The lowest BCUT2D eigenvalue weighted by Gasteiger charge is -2.26. The van der Waals surface area contributed by atoms with E-state index in [0.29, 0.717) is 12.0 Å². The van der Waals surface area contributed by atoms with Gasteiger partial charge in [-0.15, -0.1) is 0 Å². The highest BCUT2D eigenvalue weighted by Crippen LogP contribution is 2.32. The molecule has 0 spiro atoms. The minimum atomic E-state index is 0.573. The first kappa shape index (κ1) is 15.3. The topological polar surface area (TPSA) is 28.2 Å². The quantitative estimate of drug-likeness (QED) is 0.852. The average molecular weight is 275 g/mol. The van der Waals surface area contributed by atoms with E-state index >= 15 is 0 Å². The zero-order valence-electron chi connectivity index (χ0n) is 13.4. The molecule has 3 nitrogen and oxygen atoms in total. The molecule has 0 aromatic carbocycles. The Kier molecular flexibility index (Phi) is 5.41. The first-order valence-corrected chi connectivity index (χ1v) is 8.00. The predicted molar refractivity (Wildman–Crippen MR) is 86.0 cm³/mol. The van der Waals surface area contributed by atoms with Crippen LogP contribution in [0.1, 0.15) is 52.1 Å². The summed E-state index contributed by atoms with van der Waals surface area (Å²) in [5, 5.41) is 3.38. The van der Waals surface area contributed by atoms with Gasteiger partial charge in [-0.2, -0.15) is 0 Å². The van der Waals surface area contributed by atoms with Crippen LogP contribution in [0, 0.1) is 11.8 Å². The van der Waals surface area contributed by atoms with Crippen LogP contribution in [0.2, 0.25) is 0 Å². The predicted octanol–water partition coefficient (Wildman–Crippen LogP) is 3.94. The van der Waals surface area contributed by atoms with Crippen molar-refractivity contribution in [3.05, 3.63) is 23.9 Å². The van der Waals surface area contributed by atoms with Crippen molar-refractivity contribution in [2.24, 2.45) is 11.8 Å². The Morgan fingerprint density at radius 3 is 2.65 bits per heavy atom. The van der Waals surface area contributed by atoms with E-state index in [1.54, 1.807) is 0 Å². The first-order valence-electron chi connectivity index (χ1n) is 8.00. The van der Waals surface area contributed by atoms with Crippen LogP contribution in [-0.4, -0.2) is 29.5 Å². The summed E-state index contributed by atoms with van der Waals surface area (Å²) in [4.78, 5) is 7.19. The number of anilines is 1. The van der Waals surface area contributed by atoms with Crippen molar-refractivity contribution in [1.29, 1.82) is 0 Å². The second kappa shape index (κ2) is 7.07. The Morgan fingerprint density at radius 1 is 1.25 bits per heavy atom. The van der Waals surface area contributed by atoms with Crippen molar-refractivity contribution < 1.29 is 0 Å². The molecule has 1 aliphatic heterocycles. The molecule has 2 heterocycles. The van der Waals surface area contributed by atoms with Gasteiger partial charge in [0, 0.05) is 25.3 Å². The molecule has 2 rings (SSSR count). The fraction of sp³-hybridized carbons (Fsp3) is 0.706. The van der Waals surface area contributed by atoms with E-state index in [4.69, 9.17) is 0 Å². The highest BCUT2D eigenvalue weighted by atomic mass is 15.2. The summed E-state index contributed by atoms with van der Waals surface area (Å²) in [5.41, 5.74) is 1.37. The Labute approximate surface area is 123 Å². The number of likely N-dealkylation sites (tertiary alicyclic amines) is 1. The van der Waals surface area contributed by atoms with Gasteiger partial charge in [-0.1, -0.05) is 33.8 Å². The Balaban J connectivity index is 1.98. The maximum Gasteiger partial charge on any atom is 0.125 e. The van der Waals surface area contributed by atoms with Gasteiger partial charge in [0.15, 0.2) is 0 Å². The molecule has 0 unspecified atom stereocenters. The molecular weight excluding hydrogens is 246 g/mol. The standard InChI is InChI=1S/C17H29N3/c1-13(2)10-18-17-8-7-15(11-19-17)16-6-5-9-20(16)12-14(3)4/h7-8,11,13-14,16H,5-6,9-10,12H2,1-4H3,(H,18,19)/t16-/m0/s1. The number of nitrogens with one attached hydrogen (secondary N) is 1. The number of hydrogen-bond acceptors (Lipinski definition) is 3. The second-order valence-corrected chi connectivity index (χ2v) is 6.80. The number of aromatic nitrogens is 1. The molecule has 20 heavy (non-hydrogen) atoms. The van der Waals surface area contributed by atoms with Crippen LogP contribution in [0.15, 0.2) is 18.3 Å². The lowest BCUT2D eigenvalue weighted by Crippen LogP contribution is -2.27. The summed E-state index contributed by atoms with van der Waals surface area (Å²) >= 11 is 0. The van der Waals surface area contributed by atoms with Crippen LogP contribution in [0.4, 0.5) is 5.82 Å². The van der Waals surface area contributed by atoms with E-state index in [1.807, 2.05) is 0 Å². The van der Waals surface area contributed by atoms with Crippen LogP contribution >= 0.6 is 0 Å². The number of pyridine rings is 1. The van der Waals surface area contributed by atoms with E-state index in [1.165, 1.54) is 31.5 Å². The largest absolute Gasteiger partial charge is 0.370 e. The third-order valence-corrected chi connectivity index (χ3v) is 3.83. The van der Waals surface area contributed by atoms with Crippen molar-refractivity contribution in [2.75, 3.05) is 25.0 Å². The van der Waals surface area contributed by atoms with Crippen molar-refractivity contribution >= 4 is 5.82 Å². The van der Waals surface area contributed by atoms with Gasteiger partial charge < -0.3 is 5.32 Å². The van der Waals surface area contributed by atoms with E-state index in [0.717, 1.165) is 18.3 Å². The molecule has 1 atom stereocenters. The zero-order chi connectivity index (χ0) is 14.5. The fourth-order valence-corrected chi connectivity index (χ4v) is 2.91.